The topological polar surface area (TPSA) is 51.8 Å². The van der Waals surface area contributed by atoms with Gasteiger partial charge < -0.3 is 24.8 Å². The molecule has 0 saturated carbocycles. The molecule has 2 N–H and O–H groups in total. The van der Waals surface area contributed by atoms with Gasteiger partial charge in [-0.05, 0) is 55.5 Å². The number of methoxy groups -OCH3 is 2. The monoisotopic (exact) mass is 332 g/mol. The first-order chi connectivity index (χ1) is 11.2. The van der Waals surface area contributed by atoms with Gasteiger partial charge in [-0.1, -0.05) is 0 Å². The zero-order valence-electron chi connectivity index (χ0n) is 13.4. The summed E-state index contributed by atoms with van der Waals surface area (Å²) in [6.07, 6.45) is 0. The Morgan fingerprint density at radius 3 is 2.26 bits per heavy atom. The molecule has 0 heterocycles. The predicted octanol–water partition coefficient (Wildman–Crippen LogP) is 3.91. The summed E-state index contributed by atoms with van der Waals surface area (Å²) in [7, 11) is 3.21. The first kappa shape index (κ1) is 16.9. The maximum Gasteiger partial charge on any atom is 0.175 e. The minimum Gasteiger partial charge on any atom is -0.497 e. The molecule has 0 atom stereocenters. The van der Waals surface area contributed by atoms with Crippen LogP contribution in [0.15, 0.2) is 42.5 Å². The third-order valence-electron chi connectivity index (χ3n) is 3.08. The highest BCUT2D eigenvalue weighted by atomic mass is 32.1. The molecule has 122 valence electrons. The van der Waals surface area contributed by atoms with E-state index in [4.69, 9.17) is 26.4 Å². The lowest BCUT2D eigenvalue weighted by Gasteiger charge is -2.14. The highest BCUT2D eigenvalue weighted by molar-refractivity contribution is 7.80. The minimum absolute atomic E-state index is 0.470. The van der Waals surface area contributed by atoms with Gasteiger partial charge in [0.25, 0.3) is 0 Å². The van der Waals surface area contributed by atoms with Crippen LogP contribution in [0, 0.1) is 0 Å². The van der Waals surface area contributed by atoms with Gasteiger partial charge >= 0.3 is 0 Å². The van der Waals surface area contributed by atoms with Gasteiger partial charge in [-0.3, -0.25) is 0 Å². The molecular weight excluding hydrogens is 312 g/mol. The number of hydrogen-bond donors (Lipinski definition) is 2. The van der Waals surface area contributed by atoms with Crippen LogP contribution >= 0.6 is 12.2 Å². The molecule has 0 aliphatic heterocycles. The Labute approximate surface area is 141 Å². The molecule has 2 rings (SSSR count). The van der Waals surface area contributed by atoms with Gasteiger partial charge in [-0.15, -0.1) is 0 Å². The summed E-state index contributed by atoms with van der Waals surface area (Å²) in [4.78, 5) is 0. The van der Waals surface area contributed by atoms with E-state index >= 15 is 0 Å². The van der Waals surface area contributed by atoms with Crippen LogP contribution in [0.1, 0.15) is 6.92 Å². The van der Waals surface area contributed by atoms with E-state index in [2.05, 4.69) is 10.6 Å². The van der Waals surface area contributed by atoms with Gasteiger partial charge in [0.15, 0.2) is 5.11 Å². The van der Waals surface area contributed by atoms with Crippen molar-refractivity contribution >= 4 is 28.7 Å². The molecule has 0 bridgehead atoms. The highest BCUT2D eigenvalue weighted by Gasteiger charge is 2.07. The molecule has 5 nitrogen and oxygen atoms in total. The van der Waals surface area contributed by atoms with Crippen LogP contribution in [0.25, 0.3) is 0 Å². The fourth-order valence-corrected chi connectivity index (χ4v) is 2.22. The van der Waals surface area contributed by atoms with Crippen molar-refractivity contribution in [2.45, 2.75) is 6.92 Å². The molecule has 6 heteroatoms. The standard InChI is InChI=1S/C17H20N2O3S/c1-4-22-13-7-5-12(6-8-13)18-17(23)19-15-10-9-14(20-2)11-16(15)21-3/h5-11H,4H2,1-3H3,(H2,18,19,23). The van der Waals surface area contributed by atoms with E-state index in [1.165, 1.54) is 0 Å². The van der Waals surface area contributed by atoms with Crippen LogP contribution < -0.4 is 24.8 Å². The largest absolute Gasteiger partial charge is 0.497 e. The Morgan fingerprint density at radius 2 is 1.65 bits per heavy atom. The summed E-state index contributed by atoms with van der Waals surface area (Å²) in [5.74, 6) is 2.20. The quantitative estimate of drug-likeness (QED) is 0.782. The van der Waals surface area contributed by atoms with Gasteiger partial charge in [0.1, 0.15) is 17.2 Å². The van der Waals surface area contributed by atoms with Gasteiger partial charge in [0.2, 0.25) is 0 Å². The molecule has 23 heavy (non-hydrogen) atoms. The summed E-state index contributed by atoms with van der Waals surface area (Å²) in [5, 5.41) is 6.70. The Morgan fingerprint density at radius 1 is 0.957 bits per heavy atom. The third-order valence-corrected chi connectivity index (χ3v) is 3.28. The number of ether oxygens (including phenoxy) is 3. The third kappa shape index (κ3) is 4.75. The molecule has 0 amide bonds. The number of hydrogen-bond acceptors (Lipinski definition) is 4. The number of thiocarbonyl (C=S) groups is 1. The van der Waals surface area contributed by atoms with Gasteiger partial charge in [0.05, 0.1) is 26.5 Å². The Bertz CT molecular complexity index is 659. The second kappa shape index (κ2) is 8.24. The minimum atomic E-state index is 0.470. The Balaban J connectivity index is 2.01. The van der Waals surface area contributed by atoms with Crippen molar-refractivity contribution in [2.75, 3.05) is 31.5 Å². The van der Waals surface area contributed by atoms with Crippen molar-refractivity contribution in [3.05, 3.63) is 42.5 Å². The summed E-state index contributed by atoms with van der Waals surface area (Å²) < 4.78 is 15.9. The summed E-state index contributed by atoms with van der Waals surface area (Å²) >= 11 is 5.33. The number of nitrogens with one attached hydrogen (secondary N) is 2. The summed E-state index contributed by atoms with van der Waals surface area (Å²) in [6, 6.07) is 13.1. The maximum atomic E-state index is 5.41. The van der Waals surface area contributed by atoms with E-state index in [-0.39, 0.29) is 0 Å². The van der Waals surface area contributed by atoms with Crippen molar-refractivity contribution in [3.8, 4) is 17.2 Å². The molecule has 0 saturated heterocycles. The summed E-state index contributed by atoms with van der Waals surface area (Å²) in [5.41, 5.74) is 1.63. The van der Waals surface area contributed by atoms with E-state index in [1.54, 1.807) is 20.3 Å². The molecular formula is C17H20N2O3S. The van der Waals surface area contributed by atoms with Crippen LogP contribution in [0.2, 0.25) is 0 Å². The highest BCUT2D eigenvalue weighted by Crippen LogP contribution is 2.29. The van der Waals surface area contributed by atoms with E-state index in [0.717, 1.165) is 22.9 Å². The second-order valence-electron chi connectivity index (χ2n) is 4.60. The Hall–Kier alpha value is -2.47. The van der Waals surface area contributed by atoms with Crippen molar-refractivity contribution in [3.63, 3.8) is 0 Å². The van der Waals surface area contributed by atoms with Crippen molar-refractivity contribution in [1.82, 2.24) is 0 Å². The molecule has 2 aromatic rings. The average molecular weight is 332 g/mol. The maximum absolute atomic E-state index is 5.41. The van der Waals surface area contributed by atoms with Gasteiger partial charge in [0, 0.05) is 11.8 Å². The van der Waals surface area contributed by atoms with Crippen molar-refractivity contribution < 1.29 is 14.2 Å². The lowest BCUT2D eigenvalue weighted by molar-refractivity contribution is 0.340. The molecule has 0 fully saturated rings. The van der Waals surface area contributed by atoms with Gasteiger partial charge in [-0.25, -0.2) is 0 Å². The predicted molar refractivity (Wildman–Crippen MR) is 97.0 cm³/mol. The number of benzene rings is 2. The lowest BCUT2D eigenvalue weighted by atomic mass is 10.2. The second-order valence-corrected chi connectivity index (χ2v) is 5.01. The van der Waals surface area contributed by atoms with Crippen LogP contribution in [0.4, 0.5) is 11.4 Å². The molecule has 0 aliphatic carbocycles. The van der Waals surface area contributed by atoms with Crippen LogP contribution in [-0.2, 0) is 0 Å². The first-order valence-corrected chi connectivity index (χ1v) is 7.60. The van der Waals surface area contributed by atoms with Gasteiger partial charge in [-0.2, -0.15) is 0 Å². The van der Waals surface area contributed by atoms with E-state index in [0.29, 0.717) is 17.5 Å². The van der Waals surface area contributed by atoms with Crippen LogP contribution in [0.3, 0.4) is 0 Å². The normalized spacial score (nSPS) is 9.87. The van der Waals surface area contributed by atoms with E-state index in [1.807, 2.05) is 43.3 Å². The fourth-order valence-electron chi connectivity index (χ4n) is 1.99. The molecule has 0 spiro atoms. The molecule has 0 aromatic heterocycles. The van der Waals surface area contributed by atoms with Crippen molar-refractivity contribution in [1.29, 1.82) is 0 Å². The summed E-state index contributed by atoms with van der Waals surface area (Å²) in [6.45, 7) is 2.59. The number of rotatable bonds is 6. The SMILES string of the molecule is CCOc1ccc(NC(=S)Nc2ccc(OC)cc2OC)cc1. The molecule has 2 aromatic carbocycles. The number of anilines is 2. The van der Waals surface area contributed by atoms with E-state index in [9.17, 15) is 0 Å². The molecule has 0 radical (unpaired) electrons. The average Bonchev–Trinajstić information content (AvgIpc) is 2.57. The molecule has 0 unspecified atom stereocenters. The zero-order chi connectivity index (χ0) is 16.7. The van der Waals surface area contributed by atoms with Crippen molar-refractivity contribution in [2.24, 2.45) is 0 Å². The first-order valence-electron chi connectivity index (χ1n) is 7.19. The fraction of sp³-hybridized carbons (Fsp3) is 0.235. The zero-order valence-corrected chi connectivity index (χ0v) is 14.2. The Kier molecular flexibility index (Phi) is 6.05. The van der Waals surface area contributed by atoms with Crippen LogP contribution in [0.5, 0.6) is 17.2 Å². The molecule has 0 aliphatic rings. The smallest absolute Gasteiger partial charge is 0.175 e. The lowest BCUT2D eigenvalue weighted by Crippen LogP contribution is -2.19. The van der Waals surface area contributed by atoms with Crippen LogP contribution in [-0.4, -0.2) is 25.9 Å². The van der Waals surface area contributed by atoms with E-state index < -0.39 is 0 Å².